The topological polar surface area (TPSA) is 190 Å². The number of esters is 5. The molecule has 0 unspecified atom stereocenters. The molecule has 14 nitrogen and oxygen atoms in total. The Balaban J connectivity index is 3.43. The Bertz CT molecular complexity index is 1080. The van der Waals surface area contributed by atoms with Gasteiger partial charge in [0.25, 0.3) is 11.8 Å². The molecule has 0 saturated heterocycles. The zero-order valence-corrected chi connectivity index (χ0v) is 24.1. The second kappa shape index (κ2) is 15.9. The van der Waals surface area contributed by atoms with Crippen LogP contribution in [0.1, 0.15) is 77.5 Å². The molecule has 1 rings (SSSR count). The Morgan fingerprint density at radius 3 is 1.32 bits per heavy atom. The highest BCUT2D eigenvalue weighted by atomic mass is 16.6. The summed E-state index contributed by atoms with van der Waals surface area (Å²) in [7, 11) is 4.54. The quantitative estimate of drug-likeness (QED) is 0.250. The van der Waals surface area contributed by atoms with Crippen LogP contribution in [0.25, 0.3) is 0 Å². The van der Waals surface area contributed by atoms with E-state index in [2.05, 4.69) is 20.1 Å². The summed E-state index contributed by atoms with van der Waals surface area (Å²) in [5.74, 6) is -5.52. The Kier molecular flexibility index (Phi) is 13.4. The molecule has 41 heavy (non-hydrogen) atoms. The summed E-state index contributed by atoms with van der Waals surface area (Å²) in [6.45, 7) is 4.87. The molecule has 0 aliphatic carbocycles. The van der Waals surface area contributed by atoms with Gasteiger partial charge in [-0.1, -0.05) is 0 Å². The standard InChI is InChI=1S/C27H36N2O12/c1-27(2,3)41-24(34)17-13-15(22(32)28-18(25(35)39-6)8-10-20(30)37-4)12-16(14-17)23(33)29-19(26(36)40-7)9-11-21(31)38-5/h12-14,18-19H,8-11H2,1-7H3,(H,28,32)(H,29,33)/t18-,19-/m0/s1. The van der Waals surface area contributed by atoms with Gasteiger partial charge in [0.15, 0.2) is 0 Å². The third-order valence-electron chi connectivity index (χ3n) is 5.40. The van der Waals surface area contributed by atoms with Crippen LogP contribution in [0.3, 0.4) is 0 Å². The molecule has 0 aliphatic rings. The molecule has 226 valence electrons. The summed E-state index contributed by atoms with van der Waals surface area (Å²) in [4.78, 5) is 86.7. The molecule has 0 heterocycles. The summed E-state index contributed by atoms with van der Waals surface area (Å²) in [6.07, 6.45) is -0.707. The lowest BCUT2D eigenvalue weighted by Crippen LogP contribution is -2.43. The van der Waals surface area contributed by atoms with Gasteiger partial charge >= 0.3 is 29.8 Å². The van der Waals surface area contributed by atoms with E-state index in [0.717, 1.165) is 32.4 Å². The van der Waals surface area contributed by atoms with E-state index in [1.807, 2.05) is 0 Å². The second-order valence-corrected chi connectivity index (χ2v) is 9.63. The highest BCUT2D eigenvalue weighted by molar-refractivity contribution is 6.05. The number of hydrogen-bond donors (Lipinski definition) is 2. The highest BCUT2D eigenvalue weighted by Crippen LogP contribution is 2.17. The zero-order chi connectivity index (χ0) is 31.3. The number of nitrogens with one attached hydrogen (secondary N) is 2. The highest BCUT2D eigenvalue weighted by Gasteiger charge is 2.28. The lowest BCUT2D eigenvalue weighted by molar-refractivity contribution is -0.146. The van der Waals surface area contributed by atoms with Crippen LogP contribution in [0.15, 0.2) is 18.2 Å². The maximum absolute atomic E-state index is 13.2. The van der Waals surface area contributed by atoms with Gasteiger partial charge in [-0.05, 0) is 51.8 Å². The summed E-state index contributed by atoms with van der Waals surface area (Å²) in [6, 6.07) is 0.933. The van der Waals surface area contributed by atoms with Gasteiger partial charge in [0.05, 0.1) is 34.0 Å². The second-order valence-electron chi connectivity index (χ2n) is 9.63. The van der Waals surface area contributed by atoms with Crippen LogP contribution in [-0.4, -0.2) is 87.8 Å². The average Bonchev–Trinajstić information content (AvgIpc) is 2.94. The molecular weight excluding hydrogens is 544 g/mol. The SMILES string of the molecule is COC(=O)CC[C@H](NC(=O)c1cc(C(=O)N[C@@H](CCC(=O)OC)C(=O)OC)cc(C(=O)OC(C)(C)C)c1)C(=O)OC. The van der Waals surface area contributed by atoms with Crippen LogP contribution >= 0.6 is 0 Å². The zero-order valence-electron chi connectivity index (χ0n) is 24.1. The first-order valence-corrected chi connectivity index (χ1v) is 12.4. The maximum atomic E-state index is 13.2. The molecule has 0 aliphatic heterocycles. The molecule has 2 N–H and O–H groups in total. The third kappa shape index (κ3) is 11.6. The Morgan fingerprint density at radius 2 is 1.00 bits per heavy atom. The predicted octanol–water partition coefficient (Wildman–Crippen LogP) is 1.09. The van der Waals surface area contributed by atoms with Gasteiger partial charge in [-0.25, -0.2) is 14.4 Å². The number of ether oxygens (including phenoxy) is 5. The summed E-state index contributed by atoms with van der Waals surface area (Å²) in [5.41, 5.74) is -1.51. The Hall–Kier alpha value is -4.49. The predicted molar refractivity (Wildman–Crippen MR) is 141 cm³/mol. The van der Waals surface area contributed by atoms with Gasteiger partial charge in [-0.2, -0.15) is 0 Å². The van der Waals surface area contributed by atoms with Crippen molar-refractivity contribution in [3.63, 3.8) is 0 Å². The molecule has 0 fully saturated rings. The lowest BCUT2D eigenvalue weighted by atomic mass is 10.0. The minimum atomic E-state index is -1.25. The van der Waals surface area contributed by atoms with Gasteiger partial charge in [-0.3, -0.25) is 19.2 Å². The van der Waals surface area contributed by atoms with Crippen molar-refractivity contribution >= 4 is 41.7 Å². The smallest absolute Gasteiger partial charge is 0.338 e. The van der Waals surface area contributed by atoms with Crippen molar-refractivity contribution in [2.45, 2.75) is 64.1 Å². The average molecular weight is 581 g/mol. The van der Waals surface area contributed by atoms with Crippen LogP contribution in [0.2, 0.25) is 0 Å². The van der Waals surface area contributed by atoms with E-state index >= 15 is 0 Å². The number of methoxy groups -OCH3 is 4. The van der Waals surface area contributed by atoms with Crippen molar-refractivity contribution in [2.75, 3.05) is 28.4 Å². The van der Waals surface area contributed by atoms with E-state index in [-0.39, 0.29) is 42.4 Å². The molecule has 14 heteroatoms. The van der Waals surface area contributed by atoms with Crippen molar-refractivity contribution in [3.05, 3.63) is 34.9 Å². The molecule has 0 spiro atoms. The van der Waals surface area contributed by atoms with Crippen molar-refractivity contribution in [2.24, 2.45) is 0 Å². The first kappa shape index (κ1) is 34.5. The van der Waals surface area contributed by atoms with Crippen LogP contribution in [-0.2, 0) is 42.9 Å². The van der Waals surface area contributed by atoms with E-state index in [4.69, 9.17) is 14.2 Å². The van der Waals surface area contributed by atoms with E-state index in [0.29, 0.717) is 0 Å². The monoisotopic (exact) mass is 580 g/mol. The molecule has 1 aromatic rings. The van der Waals surface area contributed by atoms with Gasteiger partial charge in [0.1, 0.15) is 17.7 Å². The van der Waals surface area contributed by atoms with E-state index in [1.165, 1.54) is 14.2 Å². The Labute approximate surface area is 237 Å². The molecule has 2 amide bonds. The molecule has 1 aromatic carbocycles. The summed E-state index contributed by atoms with van der Waals surface area (Å²) >= 11 is 0. The maximum Gasteiger partial charge on any atom is 0.338 e. The first-order chi connectivity index (χ1) is 19.1. The van der Waals surface area contributed by atoms with Crippen LogP contribution < -0.4 is 10.6 Å². The largest absolute Gasteiger partial charge is 0.469 e. The lowest BCUT2D eigenvalue weighted by Gasteiger charge is -2.21. The van der Waals surface area contributed by atoms with Crippen molar-refractivity contribution < 1.29 is 57.2 Å². The molecule has 2 atom stereocenters. The fourth-order valence-corrected chi connectivity index (χ4v) is 3.34. The molecule has 0 radical (unpaired) electrons. The number of carbonyl (C=O) groups is 7. The normalized spacial score (nSPS) is 12.2. The van der Waals surface area contributed by atoms with Gasteiger partial charge in [0, 0.05) is 24.0 Å². The van der Waals surface area contributed by atoms with Crippen molar-refractivity contribution in [1.82, 2.24) is 10.6 Å². The molecule has 0 bridgehead atoms. The molecule has 0 saturated carbocycles. The minimum absolute atomic E-state index is 0.148. The van der Waals surface area contributed by atoms with Gasteiger partial charge < -0.3 is 34.3 Å². The summed E-state index contributed by atoms with van der Waals surface area (Å²) in [5, 5.41) is 4.84. The number of hydrogen-bond acceptors (Lipinski definition) is 12. The van der Waals surface area contributed by atoms with Crippen LogP contribution in [0.5, 0.6) is 0 Å². The van der Waals surface area contributed by atoms with Crippen molar-refractivity contribution in [3.8, 4) is 0 Å². The number of benzene rings is 1. The van der Waals surface area contributed by atoms with Crippen molar-refractivity contribution in [1.29, 1.82) is 0 Å². The summed E-state index contributed by atoms with van der Waals surface area (Å²) < 4.78 is 23.9. The van der Waals surface area contributed by atoms with Gasteiger partial charge in [0.2, 0.25) is 0 Å². The first-order valence-electron chi connectivity index (χ1n) is 12.4. The van der Waals surface area contributed by atoms with E-state index < -0.39 is 59.3 Å². The van der Waals surface area contributed by atoms with Gasteiger partial charge in [-0.15, -0.1) is 0 Å². The van der Waals surface area contributed by atoms with Crippen LogP contribution in [0.4, 0.5) is 0 Å². The third-order valence-corrected chi connectivity index (χ3v) is 5.40. The number of carbonyl (C=O) groups excluding carboxylic acids is 7. The fraction of sp³-hybridized carbons (Fsp3) is 0.519. The van der Waals surface area contributed by atoms with E-state index in [1.54, 1.807) is 20.8 Å². The number of amides is 2. The fourth-order valence-electron chi connectivity index (χ4n) is 3.34. The number of rotatable bonds is 13. The molecular formula is C27H36N2O12. The van der Waals surface area contributed by atoms with E-state index in [9.17, 15) is 33.6 Å². The Morgan fingerprint density at radius 1 is 0.634 bits per heavy atom. The van der Waals surface area contributed by atoms with Crippen LogP contribution in [0, 0.1) is 0 Å². The molecule has 0 aromatic heterocycles. The minimum Gasteiger partial charge on any atom is -0.469 e.